The molecule has 102 valence electrons. The third-order valence-electron chi connectivity index (χ3n) is 4.26. The average molecular weight is 258 g/mol. The van der Waals surface area contributed by atoms with E-state index in [1.807, 2.05) is 6.92 Å². The lowest BCUT2D eigenvalue weighted by Gasteiger charge is -2.11. The van der Waals surface area contributed by atoms with Crippen LogP contribution < -0.4 is 4.74 Å². The highest BCUT2D eigenvalue weighted by molar-refractivity contribution is 5.41. The lowest BCUT2D eigenvalue weighted by Crippen LogP contribution is -1.95. The molecular formula is C17H22O2. The Balaban J connectivity index is 1.74. The summed E-state index contributed by atoms with van der Waals surface area (Å²) in [6.45, 7) is 4.00. The first-order valence-electron chi connectivity index (χ1n) is 7.17. The molecule has 0 amide bonds. The summed E-state index contributed by atoms with van der Waals surface area (Å²) in [5.74, 6) is 4.50. The molecule has 2 fully saturated rings. The van der Waals surface area contributed by atoms with Crippen LogP contribution in [0.5, 0.6) is 5.75 Å². The Morgan fingerprint density at radius 2 is 2.11 bits per heavy atom. The van der Waals surface area contributed by atoms with Crippen molar-refractivity contribution in [1.82, 2.24) is 0 Å². The van der Waals surface area contributed by atoms with Gasteiger partial charge in [0.25, 0.3) is 0 Å². The van der Waals surface area contributed by atoms with Crippen molar-refractivity contribution in [3.63, 3.8) is 0 Å². The molecule has 3 rings (SSSR count). The van der Waals surface area contributed by atoms with Crippen LogP contribution in [0.25, 0.3) is 0 Å². The van der Waals surface area contributed by atoms with Crippen LogP contribution in [0.3, 0.4) is 0 Å². The number of benzene rings is 1. The molecule has 1 aromatic rings. The molecule has 2 aliphatic carbocycles. The van der Waals surface area contributed by atoms with Gasteiger partial charge in [0.1, 0.15) is 17.8 Å². The van der Waals surface area contributed by atoms with Crippen LogP contribution in [-0.2, 0) is 4.74 Å². The highest BCUT2D eigenvalue weighted by atomic mass is 16.5. The van der Waals surface area contributed by atoms with E-state index in [-0.39, 0.29) is 0 Å². The quantitative estimate of drug-likeness (QED) is 0.729. The number of hydrogen-bond acceptors (Lipinski definition) is 2. The van der Waals surface area contributed by atoms with E-state index in [2.05, 4.69) is 25.1 Å². The van der Waals surface area contributed by atoms with Crippen LogP contribution in [0.1, 0.15) is 43.2 Å². The summed E-state index contributed by atoms with van der Waals surface area (Å²) in [7, 11) is 1.64. The molecule has 2 heteroatoms. The molecule has 1 aromatic carbocycles. The Labute approximate surface area is 115 Å². The first-order chi connectivity index (χ1) is 9.19. The van der Waals surface area contributed by atoms with Gasteiger partial charge >= 0.3 is 0 Å². The Kier molecular flexibility index (Phi) is 3.26. The lowest BCUT2D eigenvalue weighted by atomic mass is 10.0. The molecule has 0 spiro atoms. The fourth-order valence-electron chi connectivity index (χ4n) is 2.96. The number of aryl methyl sites for hydroxylation is 1. The zero-order valence-corrected chi connectivity index (χ0v) is 12.0. The van der Waals surface area contributed by atoms with E-state index in [0.717, 1.165) is 29.3 Å². The van der Waals surface area contributed by atoms with Gasteiger partial charge in [-0.25, -0.2) is 0 Å². The van der Waals surface area contributed by atoms with E-state index in [0.29, 0.717) is 0 Å². The number of hydrogen-bond donors (Lipinski definition) is 0. The SMILES string of the molecule is CO/C=C(\C)Oc1cc(C2CC2C2CC2)ccc1C. The van der Waals surface area contributed by atoms with E-state index in [1.165, 1.54) is 30.4 Å². The van der Waals surface area contributed by atoms with Gasteiger partial charge in [0, 0.05) is 0 Å². The first kappa shape index (κ1) is 12.6. The summed E-state index contributed by atoms with van der Waals surface area (Å²) in [6.07, 6.45) is 5.91. The van der Waals surface area contributed by atoms with Crippen LogP contribution in [0.15, 0.2) is 30.2 Å². The van der Waals surface area contributed by atoms with Crippen molar-refractivity contribution in [2.45, 2.75) is 39.0 Å². The second-order valence-corrected chi connectivity index (χ2v) is 5.93. The van der Waals surface area contributed by atoms with Crippen LogP contribution >= 0.6 is 0 Å². The monoisotopic (exact) mass is 258 g/mol. The van der Waals surface area contributed by atoms with Gasteiger partial charge in [-0.2, -0.15) is 0 Å². The topological polar surface area (TPSA) is 18.5 Å². The van der Waals surface area contributed by atoms with Crippen LogP contribution in [0, 0.1) is 18.8 Å². The van der Waals surface area contributed by atoms with Crippen molar-refractivity contribution in [1.29, 1.82) is 0 Å². The smallest absolute Gasteiger partial charge is 0.135 e. The Bertz CT molecular complexity index is 500. The van der Waals surface area contributed by atoms with Gasteiger partial charge in [-0.15, -0.1) is 0 Å². The Morgan fingerprint density at radius 3 is 2.79 bits per heavy atom. The van der Waals surface area contributed by atoms with Crippen molar-refractivity contribution in [3.8, 4) is 5.75 Å². The summed E-state index contributed by atoms with van der Waals surface area (Å²) in [5, 5.41) is 0. The molecular weight excluding hydrogens is 236 g/mol. The molecule has 2 saturated carbocycles. The molecule has 0 aromatic heterocycles. The molecule has 2 unspecified atom stereocenters. The minimum Gasteiger partial charge on any atom is -0.501 e. The van der Waals surface area contributed by atoms with Crippen molar-refractivity contribution in [2.75, 3.05) is 7.11 Å². The average Bonchev–Trinajstić information content (AvgIpc) is 3.25. The van der Waals surface area contributed by atoms with Crippen LogP contribution in [0.2, 0.25) is 0 Å². The van der Waals surface area contributed by atoms with Crippen molar-refractivity contribution in [3.05, 3.63) is 41.3 Å². The van der Waals surface area contributed by atoms with Gasteiger partial charge < -0.3 is 9.47 Å². The summed E-state index contributed by atoms with van der Waals surface area (Å²) in [4.78, 5) is 0. The van der Waals surface area contributed by atoms with Gasteiger partial charge in [0.15, 0.2) is 0 Å². The van der Waals surface area contributed by atoms with Gasteiger partial charge in [-0.05, 0) is 68.1 Å². The second-order valence-electron chi connectivity index (χ2n) is 5.93. The fourth-order valence-corrected chi connectivity index (χ4v) is 2.96. The molecule has 0 heterocycles. The highest BCUT2D eigenvalue weighted by Gasteiger charge is 2.47. The predicted molar refractivity (Wildman–Crippen MR) is 76.1 cm³/mol. The van der Waals surface area contributed by atoms with Crippen molar-refractivity contribution in [2.24, 2.45) is 11.8 Å². The van der Waals surface area contributed by atoms with Crippen molar-refractivity contribution >= 4 is 0 Å². The molecule has 0 aliphatic heterocycles. The first-order valence-corrected chi connectivity index (χ1v) is 7.17. The third-order valence-corrected chi connectivity index (χ3v) is 4.26. The highest BCUT2D eigenvalue weighted by Crippen LogP contribution is 2.59. The van der Waals surface area contributed by atoms with Crippen LogP contribution in [-0.4, -0.2) is 7.11 Å². The number of rotatable bonds is 5. The van der Waals surface area contributed by atoms with E-state index < -0.39 is 0 Å². The molecule has 2 atom stereocenters. The van der Waals surface area contributed by atoms with Gasteiger partial charge in [0.2, 0.25) is 0 Å². The van der Waals surface area contributed by atoms with E-state index in [4.69, 9.17) is 9.47 Å². The number of ether oxygens (including phenoxy) is 2. The number of allylic oxidation sites excluding steroid dienone is 1. The maximum Gasteiger partial charge on any atom is 0.135 e. The fraction of sp³-hybridized carbons (Fsp3) is 0.529. The maximum absolute atomic E-state index is 5.85. The summed E-state index contributed by atoms with van der Waals surface area (Å²) in [5.41, 5.74) is 2.62. The predicted octanol–water partition coefficient (Wildman–Crippen LogP) is 4.40. The largest absolute Gasteiger partial charge is 0.501 e. The zero-order chi connectivity index (χ0) is 13.4. The molecule has 2 aliphatic rings. The number of methoxy groups -OCH3 is 1. The third kappa shape index (κ3) is 2.78. The Morgan fingerprint density at radius 1 is 1.32 bits per heavy atom. The second kappa shape index (κ2) is 4.92. The molecule has 0 radical (unpaired) electrons. The standard InChI is InChI=1S/C17H22O2/c1-11-4-5-14(16-9-15(16)13-6-7-13)8-17(11)19-12(2)10-18-3/h4-5,8,10,13,15-16H,6-7,9H2,1-3H3/b12-10+. The molecule has 0 bridgehead atoms. The van der Waals surface area contributed by atoms with Gasteiger partial charge in [0.05, 0.1) is 7.11 Å². The minimum atomic E-state index is 0.780. The van der Waals surface area contributed by atoms with E-state index in [9.17, 15) is 0 Å². The molecule has 0 N–H and O–H groups in total. The summed E-state index contributed by atoms with van der Waals surface area (Å²) < 4.78 is 10.8. The summed E-state index contributed by atoms with van der Waals surface area (Å²) in [6, 6.07) is 6.66. The minimum absolute atomic E-state index is 0.780. The van der Waals surface area contributed by atoms with Gasteiger partial charge in [-0.3, -0.25) is 0 Å². The summed E-state index contributed by atoms with van der Waals surface area (Å²) >= 11 is 0. The van der Waals surface area contributed by atoms with E-state index >= 15 is 0 Å². The van der Waals surface area contributed by atoms with Crippen molar-refractivity contribution < 1.29 is 9.47 Å². The van der Waals surface area contributed by atoms with Crippen LogP contribution in [0.4, 0.5) is 0 Å². The molecule has 2 nitrogen and oxygen atoms in total. The maximum atomic E-state index is 5.85. The lowest BCUT2D eigenvalue weighted by molar-refractivity contribution is 0.303. The molecule has 19 heavy (non-hydrogen) atoms. The molecule has 0 saturated heterocycles. The zero-order valence-electron chi connectivity index (χ0n) is 12.0. The normalized spacial score (nSPS) is 26.2. The Hall–Kier alpha value is -1.44. The van der Waals surface area contributed by atoms with Gasteiger partial charge in [-0.1, -0.05) is 12.1 Å². The van der Waals surface area contributed by atoms with E-state index in [1.54, 1.807) is 13.4 Å².